The fourth-order valence-electron chi connectivity index (χ4n) is 2.86. The predicted molar refractivity (Wildman–Crippen MR) is 91.8 cm³/mol. The maximum atomic E-state index is 5.70. The average molecular weight is 336 g/mol. The molecule has 9 nitrogen and oxygen atoms in total. The number of hydrogen-bond acceptors (Lipinski definition) is 8. The van der Waals surface area contributed by atoms with E-state index >= 15 is 0 Å². The number of rotatable bonds is 4. The van der Waals surface area contributed by atoms with Gasteiger partial charge in [-0.25, -0.2) is 4.63 Å². The van der Waals surface area contributed by atoms with Crippen LogP contribution in [0.3, 0.4) is 0 Å². The molecule has 4 rings (SSSR count). The topological polar surface area (TPSA) is 120 Å². The third kappa shape index (κ3) is 2.55. The monoisotopic (exact) mass is 336 g/mol. The van der Waals surface area contributed by atoms with Gasteiger partial charge in [-0.1, -0.05) is 36.1 Å². The SMILES string of the molecule is C=C(NN=C1CCc2ccccc21)c1nnn(-c2nonc2N)c1C. The fourth-order valence-corrected chi connectivity index (χ4v) is 2.86. The molecular weight excluding hydrogens is 320 g/mol. The molecule has 3 N–H and O–H groups in total. The second kappa shape index (κ2) is 5.86. The van der Waals surface area contributed by atoms with Crippen molar-refractivity contribution >= 4 is 17.2 Å². The van der Waals surface area contributed by atoms with Gasteiger partial charge in [0.05, 0.1) is 17.1 Å². The molecule has 2 aromatic heterocycles. The summed E-state index contributed by atoms with van der Waals surface area (Å²) < 4.78 is 6.05. The molecular formula is C16H16N8O. The molecule has 0 fully saturated rings. The Morgan fingerprint density at radius 2 is 2.16 bits per heavy atom. The summed E-state index contributed by atoms with van der Waals surface area (Å²) in [6.45, 7) is 5.82. The van der Waals surface area contributed by atoms with E-state index in [1.165, 1.54) is 15.8 Å². The summed E-state index contributed by atoms with van der Waals surface area (Å²) >= 11 is 0. The van der Waals surface area contributed by atoms with E-state index in [0.717, 1.165) is 18.6 Å². The van der Waals surface area contributed by atoms with Gasteiger partial charge in [0.2, 0.25) is 11.6 Å². The van der Waals surface area contributed by atoms with Gasteiger partial charge < -0.3 is 5.73 Å². The first-order chi connectivity index (χ1) is 12.1. The van der Waals surface area contributed by atoms with Gasteiger partial charge in [-0.2, -0.15) is 9.78 Å². The molecule has 1 aliphatic rings. The van der Waals surface area contributed by atoms with Crippen molar-refractivity contribution in [3.05, 3.63) is 53.4 Å². The van der Waals surface area contributed by atoms with Crippen molar-refractivity contribution in [2.75, 3.05) is 5.73 Å². The van der Waals surface area contributed by atoms with Gasteiger partial charge in [0.1, 0.15) is 5.69 Å². The maximum absolute atomic E-state index is 5.70. The van der Waals surface area contributed by atoms with Crippen LogP contribution in [0.2, 0.25) is 0 Å². The number of anilines is 1. The van der Waals surface area contributed by atoms with Gasteiger partial charge in [-0.15, -0.1) is 5.10 Å². The van der Waals surface area contributed by atoms with Crippen molar-refractivity contribution in [2.24, 2.45) is 5.10 Å². The van der Waals surface area contributed by atoms with E-state index in [4.69, 9.17) is 5.73 Å². The van der Waals surface area contributed by atoms with E-state index in [1.807, 2.05) is 19.1 Å². The molecule has 3 aromatic rings. The van der Waals surface area contributed by atoms with Crippen LogP contribution in [0, 0.1) is 6.92 Å². The minimum Gasteiger partial charge on any atom is -0.378 e. The van der Waals surface area contributed by atoms with Gasteiger partial charge in [-0.05, 0) is 35.6 Å². The van der Waals surface area contributed by atoms with Crippen LogP contribution in [0.15, 0.2) is 40.6 Å². The van der Waals surface area contributed by atoms with Crippen LogP contribution in [-0.4, -0.2) is 31.0 Å². The number of aromatic nitrogens is 5. The van der Waals surface area contributed by atoms with E-state index in [1.54, 1.807) is 0 Å². The largest absolute Gasteiger partial charge is 0.378 e. The Labute approximate surface area is 143 Å². The van der Waals surface area contributed by atoms with Gasteiger partial charge in [0, 0.05) is 5.56 Å². The maximum Gasteiger partial charge on any atom is 0.243 e. The highest BCUT2D eigenvalue weighted by Gasteiger charge is 2.19. The zero-order chi connectivity index (χ0) is 17.4. The molecule has 25 heavy (non-hydrogen) atoms. The third-order valence-corrected chi connectivity index (χ3v) is 4.16. The summed E-state index contributed by atoms with van der Waals surface area (Å²) in [6, 6.07) is 8.26. The van der Waals surface area contributed by atoms with Crippen LogP contribution in [0.1, 0.15) is 28.9 Å². The minimum absolute atomic E-state index is 0.140. The van der Waals surface area contributed by atoms with Crippen molar-refractivity contribution in [2.45, 2.75) is 19.8 Å². The van der Waals surface area contributed by atoms with E-state index in [0.29, 0.717) is 22.9 Å². The highest BCUT2D eigenvalue weighted by Crippen LogP contribution is 2.22. The van der Waals surface area contributed by atoms with Crippen molar-refractivity contribution in [1.82, 2.24) is 30.7 Å². The molecule has 0 radical (unpaired) electrons. The van der Waals surface area contributed by atoms with E-state index in [2.05, 4.69) is 54.5 Å². The summed E-state index contributed by atoms with van der Waals surface area (Å²) in [5.41, 5.74) is 14.0. The lowest BCUT2D eigenvalue weighted by molar-refractivity contribution is 0.306. The smallest absolute Gasteiger partial charge is 0.243 e. The van der Waals surface area contributed by atoms with Crippen LogP contribution < -0.4 is 11.2 Å². The fraction of sp³-hybridized carbons (Fsp3) is 0.188. The standard InChI is InChI=1S/C16H16N8O/c1-9(18-19-13-8-7-11-5-3-4-6-12(11)13)14-10(2)24(23-20-14)16-15(17)21-25-22-16/h3-6,18H,1,7-8H2,2H3,(H2,17,21). The highest BCUT2D eigenvalue weighted by molar-refractivity contribution is 6.04. The molecule has 9 heteroatoms. The summed E-state index contributed by atoms with van der Waals surface area (Å²) in [5.74, 6) is 0.431. The number of fused-ring (bicyclic) bond motifs is 1. The lowest BCUT2D eigenvalue weighted by atomic mass is 10.1. The third-order valence-electron chi connectivity index (χ3n) is 4.16. The molecule has 2 heterocycles. The van der Waals surface area contributed by atoms with Gasteiger partial charge in [0.15, 0.2) is 0 Å². The van der Waals surface area contributed by atoms with E-state index < -0.39 is 0 Å². The minimum atomic E-state index is 0.140. The van der Waals surface area contributed by atoms with Crippen LogP contribution in [0.25, 0.3) is 11.5 Å². The second-order valence-corrected chi connectivity index (χ2v) is 5.71. The molecule has 0 aliphatic heterocycles. The van der Waals surface area contributed by atoms with Crippen LogP contribution >= 0.6 is 0 Å². The first-order valence-electron chi connectivity index (χ1n) is 7.76. The van der Waals surface area contributed by atoms with Crippen LogP contribution in [0.4, 0.5) is 5.82 Å². The summed E-state index contributed by atoms with van der Waals surface area (Å²) in [4.78, 5) is 0. The van der Waals surface area contributed by atoms with Gasteiger partial charge in [-0.3, -0.25) is 5.43 Å². The number of hydrazone groups is 1. The summed E-state index contributed by atoms with van der Waals surface area (Å²) in [6.07, 6.45) is 1.89. The van der Waals surface area contributed by atoms with Crippen molar-refractivity contribution in [3.63, 3.8) is 0 Å². The first kappa shape index (κ1) is 15.1. The molecule has 1 aromatic carbocycles. The van der Waals surface area contributed by atoms with Crippen LogP contribution in [0.5, 0.6) is 0 Å². The number of nitrogens with two attached hydrogens (primary N) is 1. The van der Waals surface area contributed by atoms with Crippen molar-refractivity contribution in [3.8, 4) is 5.82 Å². The molecule has 0 saturated heterocycles. The Bertz CT molecular complexity index is 984. The zero-order valence-electron chi connectivity index (χ0n) is 13.6. The second-order valence-electron chi connectivity index (χ2n) is 5.71. The average Bonchev–Trinajstić information content (AvgIpc) is 3.31. The molecule has 0 saturated carbocycles. The molecule has 0 amide bonds. The number of benzene rings is 1. The Balaban J connectivity index is 1.56. The quantitative estimate of drug-likeness (QED) is 0.692. The van der Waals surface area contributed by atoms with Crippen molar-refractivity contribution in [1.29, 1.82) is 0 Å². The molecule has 0 atom stereocenters. The molecule has 1 aliphatic carbocycles. The van der Waals surface area contributed by atoms with E-state index in [-0.39, 0.29) is 5.82 Å². The number of nitrogens with one attached hydrogen (secondary N) is 1. The Morgan fingerprint density at radius 1 is 1.32 bits per heavy atom. The van der Waals surface area contributed by atoms with Crippen LogP contribution in [-0.2, 0) is 6.42 Å². The number of aryl methyl sites for hydroxylation is 1. The Morgan fingerprint density at radius 3 is 2.96 bits per heavy atom. The van der Waals surface area contributed by atoms with Gasteiger partial charge >= 0.3 is 0 Å². The molecule has 0 spiro atoms. The number of nitrogens with zero attached hydrogens (tertiary/aromatic N) is 6. The van der Waals surface area contributed by atoms with Gasteiger partial charge in [0.25, 0.3) is 0 Å². The summed E-state index contributed by atoms with van der Waals surface area (Å²) in [5, 5.41) is 19.9. The predicted octanol–water partition coefficient (Wildman–Crippen LogP) is 1.45. The Kier molecular flexibility index (Phi) is 3.53. The lowest BCUT2D eigenvalue weighted by Crippen LogP contribution is -2.09. The summed E-state index contributed by atoms with van der Waals surface area (Å²) in [7, 11) is 0. The molecule has 126 valence electrons. The number of hydrogen-bond donors (Lipinski definition) is 2. The number of nitrogen functional groups attached to an aromatic ring is 1. The molecule has 0 bridgehead atoms. The highest BCUT2D eigenvalue weighted by atomic mass is 16.6. The normalized spacial score (nSPS) is 14.7. The first-order valence-corrected chi connectivity index (χ1v) is 7.76. The molecule has 0 unspecified atom stereocenters. The Hall–Kier alpha value is -3.49. The van der Waals surface area contributed by atoms with E-state index in [9.17, 15) is 0 Å². The zero-order valence-corrected chi connectivity index (χ0v) is 13.6. The van der Waals surface area contributed by atoms with Crippen molar-refractivity contribution < 1.29 is 4.63 Å². The lowest BCUT2D eigenvalue weighted by Gasteiger charge is -2.05.